The summed E-state index contributed by atoms with van der Waals surface area (Å²) in [6.45, 7) is 1.98. The zero-order valence-corrected chi connectivity index (χ0v) is 14.9. The number of non-ortho nitro benzene ring substituents is 1. The van der Waals surface area contributed by atoms with Gasteiger partial charge >= 0.3 is 0 Å². The van der Waals surface area contributed by atoms with Crippen LogP contribution in [0.2, 0.25) is 0 Å². The Hall–Kier alpha value is -2.49. The van der Waals surface area contributed by atoms with Gasteiger partial charge in [0, 0.05) is 26.8 Å². The summed E-state index contributed by atoms with van der Waals surface area (Å²) in [7, 11) is 0. The SMILES string of the molecule is Cc1ccc(NC(=O)Cn2ncc3ccc([N+](=O)[O-])cc32)cc1I. The average Bonchev–Trinajstić information content (AvgIpc) is 2.93. The summed E-state index contributed by atoms with van der Waals surface area (Å²) in [4.78, 5) is 22.7. The van der Waals surface area contributed by atoms with Gasteiger partial charge in [0.25, 0.3) is 5.69 Å². The lowest BCUT2D eigenvalue weighted by Gasteiger charge is -2.08. The maximum Gasteiger partial charge on any atom is 0.271 e. The Morgan fingerprint density at radius 3 is 2.83 bits per heavy atom. The number of aromatic nitrogens is 2. The minimum absolute atomic E-state index is 0.0187. The fourth-order valence-corrected chi connectivity index (χ4v) is 2.82. The Balaban J connectivity index is 1.81. The van der Waals surface area contributed by atoms with Gasteiger partial charge in [-0.3, -0.25) is 19.6 Å². The number of benzene rings is 2. The van der Waals surface area contributed by atoms with E-state index in [1.54, 1.807) is 12.3 Å². The lowest BCUT2D eigenvalue weighted by molar-refractivity contribution is -0.384. The van der Waals surface area contributed by atoms with Gasteiger partial charge < -0.3 is 5.32 Å². The van der Waals surface area contributed by atoms with Crippen molar-refractivity contribution in [2.45, 2.75) is 13.5 Å². The van der Waals surface area contributed by atoms with Crippen LogP contribution in [0, 0.1) is 20.6 Å². The lowest BCUT2D eigenvalue weighted by Crippen LogP contribution is -2.19. The summed E-state index contributed by atoms with van der Waals surface area (Å²) >= 11 is 2.21. The molecule has 0 atom stereocenters. The highest BCUT2D eigenvalue weighted by molar-refractivity contribution is 14.1. The van der Waals surface area contributed by atoms with E-state index in [0.717, 1.165) is 14.5 Å². The lowest BCUT2D eigenvalue weighted by atomic mass is 10.2. The molecule has 0 saturated heterocycles. The zero-order chi connectivity index (χ0) is 17.3. The molecule has 0 aliphatic heterocycles. The van der Waals surface area contributed by atoms with E-state index in [9.17, 15) is 14.9 Å². The summed E-state index contributed by atoms with van der Waals surface area (Å²) in [6.07, 6.45) is 1.58. The molecule has 1 aromatic heterocycles. The highest BCUT2D eigenvalue weighted by Gasteiger charge is 2.12. The second-order valence-electron chi connectivity index (χ2n) is 5.31. The van der Waals surface area contributed by atoms with Crippen LogP contribution in [0.15, 0.2) is 42.6 Å². The molecule has 24 heavy (non-hydrogen) atoms. The monoisotopic (exact) mass is 436 g/mol. The third kappa shape index (κ3) is 3.37. The van der Waals surface area contributed by atoms with Crippen molar-refractivity contribution in [2.75, 3.05) is 5.32 Å². The molecular weight excluding hydrogens is 423 g/mol. The molecule has 0 spiro atoms. The Labute approximate surface area is 150 Å². The van der Waals surface area contributed by atoms with Crippen molar-refractivity contribution in [2.24, 2.45) is 0 Å². The Morgan fingerprint density at radius 2 is 2.12 bits per heavy atom. The first-order chi connectivity index (χ1) is 11.4. The van der Waals surface area contributed by atoms with Crippen LogP contribution in [0.3, 0.4) is 0 Å². The van der Waals surface area contributed by atoms with E-state index in [-0.39, 0.29) is 18.1 Å². The van der Waals surface area contributed by atoms with Gasteiger partial charge in [0.05, 0.1) is 16.6 Å². The van der Waals surface area contributed by atoms with Gasteiger partial charge in [0.2, 0.25) is 5.91 Å². The largest absolute Gasteiger partial charge is 0.324 e. The van der Waals surface area contributed by atoms with Crippen LogP contribution < -0.4 is 5.32 Å². The van der Waals surface area contributed by atoms with E-state index in [1.807, 2.05) is 25.1 Å². The number of rotatable bonds is 4. The first-order valence-corrected chi connectivity index (χ1v) is 8.18. The molecule has 3 aromatic rings. The minimum atomic E-state index is -0.467. The Bertz CT molecular complexity index is 952. The Kier molecular flexibility index (Phi) is 4.47. The second-order valence-corrected chi connectivity index (χ2v) is 6.48. The van der Waals surface area contributed by atoms with E-state index in [2.05, 4.69) is 33.0 Å². The van der Waals surface area contributed by atoms with Gasteiger partial charge in [-0.05, 0) is 53.3 Å². The maximum absolute atomic E-state index is 12.2. The van der Waals surface area contributed by atoms with Crippen LogP contribution in [0.25, 0.3) is 10.9 Å². The molecule has 0 aliphatic carbocycles. The number of fused-ring (bicyclic) bond motifs is 1. The van der Waals surface area contributed by atoms with Gasteiger partial charge in [0.15, 0.2) is 0 Å². The molecule has 1 N–H and O–H groups in total. The Morgan fingerprint density at radius 1 is 1.33 bits per heavy atom. The quantitative estimate of drug-likeness (QED) is 0.385. The van der Waals surface area contributed by atoms with Crippen molar-refractivity contribution < 1.29 is 9.72 Å². The summed E-state index contributed by atoms with van der Waals surface area (Å²) in [5, 5.41) is 18.6. The number of carbonyl (C=O) groups is 1. The van der Waals surface area contributed by atoms with Crippen molar-refractivity contribution in [3.8, 4) is 0 Å². The predicted molar refractivity (Wildman–Crippen MR) is 98.9 cm³/mol. The zero-order valence-electron chi connectivity index (χ0n) is 12.7. The van der Waals surface area contributed by atoms with Crippen LogP contribution in [-0.4, -0.2) is 20.6 Å². The normalized spacial score (nSPS) is 10.8. The molecule has 0 bridgehead atoms. The average molecular weight is 436 g/mol. The number of carbonyl (C=O) groups excluding carboxylic acids is 1. The van der Waals surface area contributed by atoms with Gasteiger partial charge in [-0.1, -0.05) is 6.07 Å². The molecule has 122 valence electrons. The van der Waals surface area contributed by atoms with E-state index in [0.29, 0.717) is 11.2 Å². The number of halogens is 1. The maximum atomic E-state index is 12.2. The summed E-state index contributed by atoms with van der Waals surface area (Å²) in [5.41, 5.74) is 2.37. The summed E-state index contributed by atoms with van der Waals surface area (Å²) < 4.78 is 2.52. The van der Waals surface area contributed by atoms with Gasteiger partial charge in [-0.2, -0.15) is 5.10 Å². The van der Waals surface area contributed by atoms with Crippen molar-refractivity contribution in [3.05, 3.63) is 61.8 Å². The molecule has 0 radical (unpaired) electrons. The highest BCUT2D eigenvalue weighted by atomic mass is 127. The molecule has 3 rings (SSSR count). The fourth-order valence-electron chi connectivity index (χ4n) is 2.31. The summed E-state index contributed by atoms with van der Waals surface area (Å²) in [6, 6.07) is 10.1. The van der Waals surface area contributed by atoms with Crippen LogP contribution in [-0.2, 0) is 11.3 Å². The predicted octanol–water partition coefficient (Wildman–Crippen LogP) is 3.50. The minimum Gasteiger partial charge on any atom is -0.324 e. The van der Waals surface area contributed by atoms with Crippen molar-refractivity contribution in [1.82, 2.24) is 9.78 Å². The molecule has 7 nitrogen and oxygen atoms in total. The number of nitro benzene ring substituents is 1. The fraction of sp³-hybridized carbons (Fsp3) is 0.125. The highest BCUT2D eigenvalue weighted by Crippen LogP contribution is 2.21. The number of nitrogens with one attached hydrogen (secondary N) is 1. The second kappa shape index (κ2) is 6.56. The molecule has 1 heterocycles. The molecule has 1 amide bonds. The number of anilines is 1. The van der Waals surface area contributed by atoms with Gasteiger partial charge in [-0.15, -0.1) is 0 Å². The van der Waals surface area contributed by atoms with Gasteiger partial charge in [-0.25, -0.2) is 0 Å². The molecule has 0 saturated carbocycles. The number of aryl methyl sites for hydroxylation is 1. The number of nitrogens with zero attached hydrogens (tertiary/aromatic N) is 3. The van der Waals surface area contributed by atoms with Crippen LogP contribution in [0.5, 0.6) is 0 Å². The number of nitro groups is 1. The van der Waals surface area contributed by atoms with Crippen molar-refractivity contribution in [1.29, 1.82) is 0 Å². The number of hydrogen-bond acceptors (Lipinski definition) is 4. The molecule has 8 heteroatoms. The van der Waals surface area contributed by atoms with Crippen LogP contribution in [0.1, 0.15) is 5.56 Å². The van der Waals surface area contributed by atoms with E-state index >= 15 is 0 Å². The molecule has 0 aliphatic rings. The number of amides is 1. The van der Waals surface area contributed by atoms with Crippen molar-refractivity contribution >= 4 is 50.8 Å². The molecule has 0 fully saturated rings. The standard InChI is InChI=1S/C16H13IN4O3/c1-10-2-4-12(6-14(10)17)19-16(22)9-20-15-7-13(21(23)24)5-3-11(15)8-18-20/h2-8H,9H2,1H3,(H,19,22). The first-order valence-electron chi connectivity index (χ1n) is 7.10. The topological polar surface area (TPSA) is 90.1 Å². The van der Waals surface area contributed by atoms with E-state index in [1.165, 1.54) is 16.8 Å². The van der Waals surface area contributed by atoms with E-state index in [4.69, 9.17) is 0 Å². The first kappa shape index (κ1) is 16.4. The van der Waals surface area contributed by atoms with Crippen LogP contribution >= 0.6 is 22.6 Å². The third-order valence-corrected chi connectivity index (χ3v) is 4.75. The third-order valence-electron chi connectivity index (χ3n) is 3.59. The summed E-state index contributed by atoms with van der Waals surface area (Å²) in [5.74, 6) is -0.244. The van der Waals surface area contributed by atoms with Crippen LogP contribution in [0.4, 0.5) is 11.4 Å². The molecule has 0 unspecified atom stereocenters. The number of hydrogen-bond donors (Lipinski definition) is 1. The van der Waals surface area contributed by atoms with E-state index < -0.39 is 4.92 Å². The van der Waals surface area contributed by atoms with Crippen molar-refractivity contribution in [3.63, 3.8) is 0 Å². The van der Waals surface area contributed by atoms with Gasteiger partial charge in [0.1, 0.15) is 6.54 Å². The molecular formula is C16H13IN4O3. The molecule has 2 aromatic carbocycles. The smallest absolute Gasteiger partial charge is 0.271 e.